The lowest BCUT2D eigenvalue weighted by Crippen LogP contribution is -2.06. The molecule has 0 aliphatic heterocycles. The van der Waals surface area contributed by atoms with E-state index in [1.165, 1.54) is 5.56 Å². The maximum atomic E-state index is 5.87. The molecule has 0 saturated heterocycles. The molecule has 0 fully saturated rings. The number of halogens is 1. The first kappa shape index (κ1) is 14.1. The van der Waals surface area contributed by atoms with Gasteiger partial charge in [0.15, 0.2) is 0 Å². The molecule has 2 N–H and O–H groups in total. The fourth-order valence-electron chi connectivity index (χ4n) is 1.99. The van der Waals surface area contributed by atoms with Crippen molar-refractivity contribution < 1.29 is 4.74 Å². The van der Waals surface area contributed by atoms with E-state index in [4.69, 9.17) is 10.5 Å². The van der Waals surface area contributed by atoms with E-state index < -0.39 is 0 Å². The highest BCUT2D eigenvalue weighted by molar-refractivity contribution is 9.10. The van der Waals surface area contributed by atoms with Crippen LogP contribution in [0, 0.1) is 13.8 Å². The van der Waals surface area contributed by atoms with E-state index in [9.17, 15) is 0 Å². The summed E-state index contributed by atoms with van der Waals surface area (Å²) in [6.45, 7) is 4.95. The van der Waals surface area contributed by atoms with E-state index in [0.717, 1.165) is 27.2 Å². The Morgan fingerprint density at radius 2 is 2.11 bits per heavy atom. The third kappa shape index (κ3) is 2.98. The Morgan fingerprint density at radius 3 is 2.68 bits per heavy atom. The van der Waals surface area contributed by atoms with Crippen molar-refractivity contribution in [2.45, 2.75) is 27.0 Å². The second-order valence-electron chi connectivity index (χ2n) is 4.57. The van der Waals surface area contributed by atoms with Crippen molar-refractivity contribution in [3.8, 4) is 5.75 Å². The van der Waals surface area contributed by atoms with Gasteiger partial charge in [-0.05, 0) is 35.8 Å². The molecular weight excluding hydrogens is 306 g/mol. The van der Waals surface area contributed by atoms with Gasteiger partial charge in [0.25, 0.3) is 0 Å². The zero-order valence-electron chi connectivity index (χ0n) is 11.4. The van der Waals surface area contributed by atoms with Crippen molar-refractivity contribution in [3.63, 3.8) is 0 Å². The van der Waals surface area contributed by atoms with Gasteiger partial charge in [-0.3, -0.25) is 4.68 Å². The van der Waals surface area contributed by atoms with Crippen molar-refractivity contribution >= 4 is 15.9 Å². The molecule has 0 unspecified atom stereocenters. The molecule has 1 aromatic carbocycles. The predicted molar refractivity (Wildman–Crippen MR) is 79.0 cm³/mol. The largest absolute Gasteiger partial charge is 0.487 e. The van der Waals surface area contributed by atoms with Gasteiger partial charge in [-0.2, -0.15) is 5.10 Å². The molecule has 1 heterocycles. The van der Waals surface area contributed by atoms with Crippen LogP contribution < -0.4 is 10.5 Å². The molecular formula is C14H18BrN3O. The number of nitrogens with two attached hydrogens (primary N) is 1. The molecule has 2 aromatic rings. The first-order chi connectivity index (χ1) is 9.02. The fraction of sp³-hybridized carbons (Fsp3) is 0.357. The Bertz CT molecular complexity index is 593. The summed E-state index contributed by atoms with van der Waals surface area (Å²) in [5, 5.41) is 4.34. The van der Waals surface area contributed by atoms with Crippen molar-refractivity contribution in [1.82, 2.24) is 9.78 Å². The lowest BCUT2D eigenvalue weighted by Gasteiger charge is -2.11. The molecule has 19 heavy (non-hydrogen) atoms. The molecule has 102 valence electrons. The van der Waals surface area contributed by atoms with Crippen LogP contribution in [0.5, 0.6) is 5.75 Å². The normalized spacial score (nSPS) is 10.8. The number of aromatic nitrogens is 2. The van der Waals surface area contributed by atoms with E-state index in [-0.39, 0.29) is 0 Å². The highest BCUT2D eigenvalue weighted by Gasteiger charge is 2.12. The monoisotopic (exact) mass is 323 g/mol. The zero-order chi connectivity index (χ0) is 14.0. The first-order valence-corrected chi connectivity index (χ1v) is 6.92. The van der Waals surface area contributed by atoms with Crippen LogP contribution in [0.3, 0.4) is 0 Å². The SMILES string of the molecule is Cc1ccc(OCc2c(Br)c(C)nn2C)c(CN)c1. The average Bonchev–Trinajstić information content (AvgIpc) is 2.62. The molecule has 0 saturated carbocycles. The number of hydrogen-bond acceptors (Lipinski definition) is 3. The number of rotatable bonds is 4. The molecule has 0 aliphatic rings. The Labute approximate surface area is 121 Å². The quantitative estimate of drug-likeness (QED) is 0.941. The Morgan fingerprint density at radius 1 is 1.37 bits per heavy atom. The lowest BCUT2D eigenvalue weighted by molar-refractivity contribution is 0.291. The highest BCUT2D eigenvalue weighted by Crippen LogP contribution is 2.24. The minimum atomic E-state index is 0.466. The van der Waals surface area contributed by atoms with Crippen LogP contribution in [0.25, 0.3) is 0 Å². The molecule has 0 amide bonds. The van der Waals surface area contributed by atoms with E-state index in [1.807, 2.05) is 37.7 Å². The molecule has 0 bridgehead atoms. The van der Waals surface area contributed by atoms with E-state index >= 15 is 0 Å². The van der Waals surface area contributed by atoms with Gasteiger partial charge in [0.05, 0.1) is 15.9 Å². The van der Waals surface area contributed by atoms with Crippen molar-refractivity contribution in [3.05, 3.63) is 45.2 Å². The van der Waals surface area contributed by atoms with Gasteiger partial charge >= 0.3 is 0 Å². The first-order valence-electron chi connectivity index (χ1n) is 6.13. The van der Waals surface area contributed by atoms with Gasteiger partial charge in [-0.15, -0.1) is 0 Å². The van der Waals surface area contributed by atoms with Crippen LogP contribution in [0.15, 0.2) is 22.7 Å². The van der Waals surface area contributed by atoms with Crippen LogP contribution in [-0.2, 0) is 20.2 Å². The van der Waals surface area contributed by atoms with Gasteiger partial charge in [-0.25, -0.2) is 0 Å². The molecule has 0 aliphatic carbocycles. The van der Waals surface area contributed by atoms with E-state index in [2.05, 4.69) is 27.1 Å². The lowest BCUT2D eigenvalue weighted by atomic mass is 10.1. The molecule has 0 radical (unpaired) electrons. The number of aryl methyl sites for hydroxylation is 3. The standard InChI is InChI=1S/C14H18BrN3O/c1-9-4-5-13(11(6-9)7-16)19-8-12-14(15)10(2)17-18(12)3/h4-6H,7-8,16H2,1-3H3. The number of benzene rings is 1. The van der Waals surface area contributed by atoms with Crippen LogP contribution in [0.2, 0.25) is 0 Å². The molecule has 5 heteroatoms. The van der Waals surface area contributed by atoms with E-state index in [0.29, 0.717) is 13.2 Å². The van der Waals surface area contributed by atoms with E-state index in [1.54, 1.807) is 0 Å². The van der Waals surface area contributed by atoms with Crippen LogP contribution in [0.1, 0.15) is 22.5 Å². The smallest absolute Gasteiger partial charge is 0.131 e. The molecule has 0 atom stereocenters. The summed E-state index contributed by atoms with van der Waals surface area (Å²) in [6.07, 6.45) is 0. The van der Waals surface area contributed by atoms with Gasteiger partial charge in [0, 0.05) is 19.2 Å². The van der Waals surface area contributed by atoms with Crippen molar-refractivity contribution in [2.24, 2.45) is 12.8 Å². The maximum Gasteiger partial charge on any atom is 0.131 e. The third-order valence-electron chi connectivity index (χ3n) is 3.06. The van der Waals surface area contributed by atoms with Crippen LogP contribution in [-0.4, -0.2) is 9.78 Å². The second kappa shape index (κ2) is 5.75. The minimum Gasteiger partial charge on any atom is -0.487 e. The molecule has 4 nitrogen and oxygen atoms in total. The Kier molecular flexibility index (Phi) is 4.27. The molecule has 2 rings (SSSR count). The summed E-state index contributed by atoms with van der Waals surface area (Å²) in [5.41, 5.74) is 9.93. The maximum absolute atomic E-state index is 5.87. The van der Waals surface area contributed by atoms with Crippen molar-refractivity contribution in [2.75, 3.05) is 0 Å². The van der Waals surface area contributed by atoms with Crippen LogP contribution >= 0.6 is 15.9 Å². The summed E-state index contributed by atoms with van der Waals surface area (Å²) in [4.78, 5) is 0. The van der Waals surface area contributed by atoms with Gasteiger partial charge in [0.1, 0.15) is 12.4 Å². The van der Waals surface area contributed by atoms with Crippen molar-refractivity contribution in [1.29, 1.82) is 0 Å². The molecule has 1 aromatic heterocycles. The number of hydrogen-bond donors (Lipinski definition) is 1. The minimum absolute atomic E-state index is 0.466. The highest BCUT2D eigenvalue weighted by atomic mass is 79.9. The topological polar surface area (TPSA) is 53.1 Å². The number of ether oxygens (including phenoxy) is 1. The summed E-state index contributed by atoms with van der Waals surface area (Å²) >= 11 is 3.53. The molecule has 0 spiro atoms. The van der Waals surface area contributed by atoms with Crippen LogP contribution in [0.4, 0.5) is 0 Å². The van der Waals surface area contributed by atoms with Gasteiger partial charge in [0.2, 0.25) is 0 Å². The summed E-state index contributed by atoms with van der Waals surface area (Å²) in [6, 6.07) is 6.05. The van der Waals surface area contributed by atoms with Gasteiger partial charge < -0.3 is 10.5 Å². The second-order valence-corrected chi connectivity index (χ2v) is 5.37. The third-order valence-corrected chi connectivity index (χ3v) is 4.09. The zero-order valence-corrected chi connectivity index (χ0v) is 13.0. The average molecular weight is 324 g/mol. The number of nitrogens with zero attached hydrogens (tertiary/aromatic N) is 2. The van der Waals surface area contributed by atoms with Gasteiger partial charge in [-0.1, -0.05) is 17.7 Å². The summed E-state index contributed by atoms with van der Waals surface area (Å²) in [5.74, 6) is 0.832. The fourth-order valence-corrected chi connectivity index (χ4v) is 2.44. The Balaban J connectivity index is 2.19. The Hall–Kier alpha value is -1.33. The predicted octanol–water partition coefficient (Wildman–Crippen LogP) is 2.84. The summed E-state index contributed by atoms with van der Waals surface area (Å²) < 4.78 is 8.70. The summed E-state index contributed by atoms with van der Waals surface area (Å²) in [7, 11) is 1.91.